The lowest BCUT2D eigenvalue weighted by molar-refractivity contribution is 0.0899. The minimum Gasteiger partial charge on any atom is -0.350 e. The summed E-state index contributed by atoms with van der Waals surface area (Å²) in [5, 5.41) is 7.77. The van der Waals surface area contributed by atoms with Crippen LogP contribution < -0.4 is 5.32 Å². The summed E-state index contributed by atoms with van der Waals surface area (Å²) in [5.41, 5.74) is 3.42. The second-order valence-electron chi connectivity index (χ2n) is 5.71. The highest BCUT2D eigenvalue weighted by atomic mass is 16.5. The van der Waals surface area contributed by atoms with Crippen LogP contribution in [-0.4, -0.2) is 17.1 Å². The molecule has 3 aromatic rings. The molecule has 4 heteroatoms. The van der Waals surface area contributed by atoms with Crippen molar-refractivity contribution in [2.75, 3.05) is 0 Å². The number of benzene rings is 2. The Morgan fingerprint density at radius 3 is 2.77 bits per heavy atom. The number of aryl methyl sites for hydroxylation is 1. The number of nitrogens with one attached hydrogen (secondary N) is 1. The van der Waals surface area contributed by atoms with Gasteiger partial charge in [0.05, 0.1) is 5.39 Å². The third-order valence-corrected chi connectivity index (χ3v) is 4.27. The lowest BCUT2D eigenvalue weighted by atomic mass is 9.88. The van der Waals surface area contributed by atoms with E-state index in [4.69, 9.17) is 4.52 Å². The van der Waals surface area contributed by atoms with Gasteiger partial charge in [-0.3, -0.25) is 4.79 Å². The first-order valence-corrected chi connectivity index (χ1v) is 7.53. The van der Waals surface area contributed by atoms with E-state index in [-0.39, 0.29) is 11.9 Å². The number of rotatable bonds is 2. The molecular weight excluding hydrogens is 276 g/mol. The predicted molar refractivity (Wildman–Crippen MR) is 83.7 cm³/mol. The Kier molecular flexibility index (Phi) is 3.15. The molecule has 0 unspecified atom stereocenters. The Bertz CT molecular complexity index is 838. The van der Waals surface area contributed by atoms with Gasteiger partial charge in [-0.1, -0.05) is 41.6 Å². The number of nitrogens with zero attached hydrogens (tertiary/aromatic N) is 1. The quantitative estimate of drug-likeness (QED) is 0.789. The van der Waals surface area contributed by atoms with Crippen LogP contribution in [0.4, 0.5) is 0 Å². The van der Waals surface area contributed by atoms with E-state index in [9.17, 15) is 4.79 Å². The minimum absolute atomic E-state index is 0.145. The van der Waals surface area contributed by atoms with Crippen molar-refractivity contribution < 1.29 is 9.32 Å². The van der Waals surface area contributed by atoms with Crippen molar-refractivity contribution in [3.05, 3.63) is 65.4 Å². The van der Waals surface area contributed by atoms with Gasteiger partial charge in [-0.25, -0.2) is 0 Å². The summed E-state index contributed by atoms with van der Waals surface area (Å²) < 4.78 is 5.23. The number of carbonyl (C=O) groups excluding carboxylic acids is 1. The molecule has 1 amide bonds. The van der Waals surface area contributed by atoms with Crippen molar-refractivity contribution in [2.24, 2.45) is 0 Å². The van der Waals surface area contributed by atoms with Crippen LogP contribution in [0, 0.1) is 0 Å². The van der Waals surface area contributed by atoms with E-state index in [0.29, 0.717) is 11.3 Å². The molecule has 0 fully saturated rings. The van der Waals surface area contributed by atoms with Crippen molar-refractivity contribution in [3.8, 4) is 0 Å². The van der Waals surface area contributed by atoms with Crippen molar-refractivity contribution in [1.82, 2.24) is 10.5 Å². The van der Waals surface area contributed by atoms with Gasteiger partial charge >= 0.3 is 0 Å². The smallest absolute Gasteiger partial charge is 0.290 e. The number of hydrogen-bond donors (Lipinski definition) is 1. The summed E-state index contributed by atoms with van der Waals surface area (Å²) in [7, 11) is 0. The van der Waals surface area contributed by atoms with Gasteiger partial charge in [-0.15, -0.1) is 0 Å². The van der Waals surface area contributed by atoms with Gasteiger partial charge in [0.2, 0.25) is 5.76 Å². The Morgan fingerprint density at radius 2 is 1.86 bits per heavy atom. The summed E-state index contributed by atoms with van der Waals surface area (Å²) in [4.78, 5) is 12.5. The van der Waals surface area contributed by atoms with Crippen molar-refractivity contribution in [2.45, 2.75) is 25.3 Å². The summed E-state index contributed by atoms with van der Waals surface area (Å²) in [6.07, 6.45) is 2.82. The molecule has 22 heavy (non-hydrogen) atoms. The monoisotopic (exact) mass is 292 g/mol. The van der Waals surface area contributed by atoms with E-state index in [2.05, 4.69) is 28.7 Å². The number of carbonyl (C=O) groups is 1. The highest BCUT2D eigenvalue weighted by Crippen LogP contribution is 2.22. The second-order valence-corrected chi connectivity index (χ2v) is 5.71. The summed E-state index contributed by atoms with van der Waals surface area (Å²) >= 11 is 0. The van der Waals surface area contributed by atoms with Gasteiger partial charge in [0.1, 0.15) is 5.52 Å². The molecule has 1 atom stereocenters. The van der Waals surface area contributed by atoms with Crippen molar-refractivity contribution in [3.63, 3.8) is 0 Å². The van der Waals surface area contributed by atoms with E-state index in [1.807, 2.05) is 30.3 Å². The van der Waals surface area contributed by atoms with Crippen LogP contribution in [0.2, 0.25) is 0 Å². The third-order valence-electron chi connectivity index (χ3n) is 4.27. The zero-order chi connectivity index (χ0) is 14.9. The van der Waals surface area contributed by atoms with Crippen molar-refractivity contribution >= 4 is 16.8 Å². The summed E-state index contributed by atoms with van der Waals surface area (Å²) in [5.74, 6) is 0.118. The van der Waals surface area contributed by atoms with Gasteiger partial charge in [0, 0.05) is 6.04 Å². The molecule has 0 aliphatic heterocycles. The lowest BCUT2D eigenvalue weighted by Crippen LogP contribution is -2.38. The molecule has 1 N–H and O–H groups in total. The molecule has 110 valence electrons. The molecule has 1 heterocycles. The first kappa shape index (κ1) is 13.1. The van der Waals surface area contributed by atoms with E-state index in [1.54, 1.807) is 0 Å². The van der Waals surface area contributed by atoms with Crippen LogP contribution >= 0.6 is 0 Å². The SMILES string of the molecule is O=C(N[C@@H]1CCc2ccccc2C1)c1onc2ccccc12. The molecule has 0 saturated carbocycles. The second kappa shape index (κ2) is 5.30. The normalized spacial score (nSPS) is 17.2. The maximum atomic E-state index is 12.5. The Balaban J connectivity index is 1.53. The molecule has 1 aromatic heterocycles. The third kappa shape index (κ3) is 2.26. The summed E-state index contributed by atoms with van der Waals surface area (Å²) in [6.45, 7) is 0. The zero-order valence-electron chi connectivity index (χ0n) is 12.1. The number of fused-ring (bicyclic) bond motifs is 2. The maximum absolute atomic E-state index is 12.5. The highest BCUT2D eigenvalue weighted by Gasteiger charge is 2.23. The average Bonchev–Trinajstić information content (AvgIpc) is 2.99. The van der Waals surface area contributed by atoms with Gasteiger partial charge in [-0.2, -0.15) is 0 Å². The molecular formula is C18H16N2O2. The van der Waals surface area contributed by atoms with Crippen LogP contribution in [0.1, 0.15) is 28.1 Å². The van der Waals surface area contributed by atoms with E-state index in [0.717, 1.165) is 24.6 Å². The first-order valence-electron chi connectivity index (χ1n) is 7.53. The number of aromatic nitrogens is 1. The van der Waals surface area contributed by atoms with Gasteiger partial charge in [0.15, 0.2) is 0 Å². The first-order chi connectivity index (χ1) is 10.8. The fourth-order valence-electron chi connectivity index (χ4n) is 3.12. The van der Waals surface area contributed by atoms with Crippen LogP contribution in [-0.2, 0) is 12.8 Å². The highest BCUT2D eigenvalue weighted by molar-refractivity contribution is 6.03. The van der Waals surface area contributed by atoms with E-state index < -0.39 is 0 Å². The fraction of sp³-hybridized carbons (Fsp3) is 0.222. The molecule has 4 rings (SSSR count). The Morgan fingerprint density at radius 1 is 1.09 bits per heavy atom. The van der Waals surface area contributed by atoms with Crippen LogP contribution in [0.3, 0.4) is 0 Å². The summed E-state index contributed by atoms with van der Waals surface area (Å²) in [6, 6.07) is 16.0. The van der Waals surface area contributed by atoms with E-state index >= 15 is 0 Å². The maximum Gasteiger partial charge on any atom is 0.290 e. The molecule has 0 saturated heterocycles. The molecule has 4 nitrogen and oxygen atoms in total. The topological polar surface area (TPSA) is 55.1 Å². The average molecular weight is 292 g/mol. The molecule has 0 spiro atoms. The number of hydrogen-bond acceptors (Lipinski definition) is 3. The number of amides is 1. The largest absolute Gasteiger partial charge is 0.350 e. The van der Waals surface area contributed by atoms with Crippen LogP contribution in [0.15, 0.2) is 53.1 Å². The molecule has 2 aromatic carbocycles. The van der Waals surface area contributed by atoms with Crippen LogP contribution in [0.25, 0.3) is 10.9 Å². The molecule has 1 aliphatic rings. The van der Waals surface area contributed by atoms with Gasteiger partial charge in [0.25, 0.3) is 5.91 Å². The zero-order valence-corrected chi connectivity index (χ0v) is 12.1. The van der Waals surface area contributed by atoms with Crippen molar-refractivity contribution in [1.29, 1.82) is 0 Å². The molecule has 0 radical (unpaired) electrons. The van der Waals surface area contributed by atoms with E-state index in [1.165, 1.54) is 11.1 Å². The van der Waals surface area contributed by atoms with Crippen LogP contribution in [0.5, 0.6) is 0 Å². The predicted octanol–water partition coefficient (Wildman–Crippen LogP) is 3.12. The Hall–Kier alpha value is -2.62. The lowest BCUT2D eigenvalue weighted by Gasteiger charge is -2.25. The van der Waals surface area contributed by atoms with Gasteiger partial charge < -0.3 is 9.84 Å². The molecule has 1 aliphatic carbocycles. The fourth-order valence-corrected chi connectivity index (χ4v) is 3.12. The standard InChI is InChI=1S/C18H16N2O2/c21-18(17-15-7-3-4-8-16(15)20-22-17)19-14-10-9-12-5-1-2-6-13(12)11-14/h1-8,14H,9-11H2,(H,19,21)/t14-/m1/s1. The Labute approximate surface area is 128 Å². The molecule has 0 bridgehead atoms. The van der Waals surface area contributed by atoms with Gasteiger partial charge in [-0.05, 0) is 42.5 Å². The minimum atomic E-state index is -0.182.